The van der Waals surface area contributed by atoms with Crippen molar-refractivity contribution >= 4 is 22.9 Å². The second-order valence-corrected chi connectivity index (χ2v) is 6.32. The molecule has 0 spiro atoms. The molecule has 2 N–H and O–H groups in total. The van der Waals surface area contributed by atoms with Crippen LogP contribution in [-0.2, 0) is 4.79 Å². The number of carbonyl (C=O) groups is 1. The number of hydrogen-bond donors (Lipinski definition) is 2. The van der Waals surface area contributed by atoms with Crippen LogP contribution in [0.3, 0.4) is 0 Å². The van der Waals surface area contributed by atoms with Crippen LogP contribution >= 0.6 is 11.3 Å². The molecular formula is C17H20N2OS. The third kappa shape index (κ3) is 3.52. The highest BCUT2D eigenvalue weighted by atomic mass is 32.1. The molecule has 1 aromatic heterocycles. The summed E-state index contributed by atoms with van der Waals surface area (Å²) >= 11 is 1.69. The smallest absolute Gasteiger partial charge is 0.241 e. The summed E-state index contributed by atoms with van der Waals surface area (Å²) in [4.78, 5) is 13.7. The van der Waals surface area contributed by atoms with Gasteiger partial charge in [-0.15, -0.1) is 11.3 Å². The number of thiophene rings is 1. The van der Waals surface area contributed by atoms with Gasteiger partial charge in [-0.05, 0) is 36.9 Å². The molecule has 3 nitrogen and oxygen atoms in total. The third-order valence-electron chi connectivity index (χ3n) is 3.85. The number of carbonyl (C=O) groups excluding carboxylic acids is 1. The molecule has 1 fully saturated rings. The fraction of sp³-hybridized carbons (Fsp3) is 0.353. The molecule has 1 unspecified atom stereocenters. The summed E-state index contributed by atoms with van der Waals surface area (Å²) < 4.78 is 0. The Balaban J connectivity index is 1.77. The van der Waals surface area contributed by atoms with Gasteiger partial charge in [-0.3, -0.25) is 4.79 Å². The van der Waals surface area contributed by atoms with E-state index in [2.05, 4.69) is 28.1 Å². The maximum absolute atomic E-state index is 12.5. The molecule has 0 bridgehead atoms. The van der Waals surface area contributed by atoms with E-state index in [1.165, 1.54) is 11.3 Å². The second kappa shape index (κ2) is 6.87. The van der Waals surface area contributed by atoms with Gasteiger partial charge in [0.1, 0.15) is 0 Å². The number of para-hydroxylation sites is 1. The molecule has 2 heterocycles. The van der Waals surface area contributed by atoms with Crippen LogP contribution in [0.25, 0.3) is 10.4 Å². The minimum atomic E-state index is -0.0658. The standard InChI is InChI=1S/C17H20N2OS/c20-17(15-9-2-1-5-11-18-15)19-14-8-4-3-7-13(14)16-10-6-12-21-16/h3-4,6-8,10,12,15,18H,1-2,5,9,11H2,(H,19,20). The number of amides is 1. The van der Waals surface area contributed by atoms with Crippen LogP contribution in [0.2, 0.25) is 0 Å². The van der Waals surface area contributed by atoms with E-state index in [4.69, 9.17) is 0 Å². The molecule has 21 heavy (non-hydrogen) atoms. The number of anilines is 1. The number of benzene rings is 1. The lowest BCUT2D eigenvalue weighted by Crippen LogP contribution is -2.39. The molecule has 0 radical (unpaired) electrons. The molecule has 1 aliphatic heterocycles. The van der Waals surface area contributed by atoms with Gasteiger partial charge in [0.05, 0.1) is 6.04 Å². The summed E-state index contributed by atoms with van der Waals surface area (Å²) in [5.41, 5.74) is 1.99. The van der Waals surface area contributed by atoms with Gasteiger partial charge >= 0.3 is 0 Å². The van der Waals surface area contributed by atoms with Crippen molar-refractivity contribution in [3.05, 3.63) is 41.8 Å². The van der Waals surface area contributed by atoms with E-state index in [0.717, 1.165) is 37.1 Å². The lowest BCUT2D eigenvalue weighted by molar-refractivity contribution is -0.118. The molecule has 4 heteroatoms. The maximum atomic E-state index is 12.5. The van der Waals surface area contributed by atoms with Crippen LogP contribution in [0, 0.1) is 0 Å². The zero-order valence-electron chi connectivity index (χ0n) is 12.0. The van der Waals surface area contributed by atoms with Gasteiger partial charge in [0.25, 0.3) is 0 Å². The molecule has 1 amide bonds. The van der Waals surface area contributed by atoms with Crippen LogP contribution in [0.15, 0.2) is 41.8 Å². The van der Waals surface area contributed by atoms with Gasteiger partial charge in [0.15, 0.2) is 0 Å². The molecular weight excluding hydrogens is 280 g/mol. The van der Waals surface area contributed by atoms with Crippen LogP contribution in [-0.4, -0.2) is 18.5 Å². The largest absolute Gasteiger partial charge is 0.324 e. The van der Waals surface area contributed by atoms with Gasteiger partial charge in [0.2, 0.25) is 5.91 Å². The first-order valence-corrected chi connectivity index (χ1v) is 8.40. The predicted octanol–water partition coefficient (Wildman–Crippen LogP) is 3.89. The van der Waals surface area contributed by atoms with Gasteiger partial charge in [-0.2, -0.15) is 0 Å². The summed E-state index contributed by atoms with van der Waals surface area (Å²) in [6.07, 6.45) is 4.42. The Morgan fingerprint density at radius 1 is 1.14 bits per heavy atom. The Labute approximate surface area is 129 Å². The molecule has 0 saturated carbocycles. The summed E-state index contributed by atoms with van der Waals surface area (Å²) in [6, 6.07) is 12.1. The predicted molar refractivity (Wildman–Crippen MR) is 88.6 cm³/mol. The fourth-order valence-electron chi connectivity index (χ4n) is 2.71. The van der Waals surface area contributed by atoms with Crippen LogP contribution in [0.1, 0.15) is 25.7 Å². The van der Waals surface area contributed by atoms with Crippen molar-refractivity contribution in [1.29, 1.82) is 0 Å². The Morgan fingerprint density at radius 2 is 2.05 bits per heavy atom. The Bertz CT molecular complexity index is 587. The monoisotopic (exact) mass is 300 g/mol. The SMILES string of the molecule is O=C(Nc1ccccc1-c1cccs1)C1CCCCCN1. The second-order valence-electron chi connectivity index (χ2n) is 5.37. The van der Waals surface area contributed by atoms with Crippen LogP contribution in [0.4, 0.5) is 5.69 Å². The zero-order chi connectivity index (χ0) is 14.5. The van der Waals surface area contributed by atoms with Crippen molar-refractivity contribution in [3.8, 4) is 10.4 Å². The minimum absolute atomic E-state index is 0.0658. The van der Waals surface area contributed by atoms with E-state index in [0.29, 0.717) is 0 Å². The molecule has 1 atom stereocenters. The van der Waals surface area contributed by atoms with E-state index < -0.39 is 0 Å². The Hall–Kier alpha value is -1.65. The molecule has 0 aliphatic carbocycles. The highest BCUT2D eigenvalue weighted by Gasteiger charge is 2.20. The van der Waals surface area contributed by atoms with Crippen molar-refractivity contribution in [2.24, 2.45) is 0 Å². The van der Waals surface area contributed by atoms with Crippen molar-refractivity contribution in [2.75, 3.05) is 11.9 Å². The molecule has 1 saturated heterocycles. The van der Waals surface area contributed by atoms with E-state index in [1.54, 1.807) is 11.3 Å². The lowest BCUT2D eigenvalue weighted by atomic mass is 10.1. The van der Waals surface area contributed by atoms with E-state index in [1.807, 2.05) is 24.3 Å². The van der Waals surface area contributed by atoms with E-state index >= 15 is 0 Å². The lowest BCUT2D eigenvalue weighted by Gasteiger charge is -2.17. The Kier molecular flexibility index (Phi) is 4.68. The number of rotatable bonds is 3. The molecule has 2 aromatic rings. The van der Waals surface area contributed by atoms with Gasteiger partial charge < -0.3 is 10.6 Å². The Morgan fingerprint density at radius 3 is 2.90 bits per heavy atom. The highest BCUT2D eigenvalue weighted by molar-refractivity contribution is 7.13. The minimum Gasteiger partial charge on any atom is -0.324 e. The normalized spacial score (nSPS) is 19.0. The summed E-state index contributed by atoms with van der Waals surface area (Å²) in [6.45, 7) is 0.935. The van der Waals surface area contributed by atoms with Crippen molar-refractivity contribution in [1.82, 2.24) is 5.32 Å². The average molecular weight is 300 g/mol. The molecule has 110 valence electrons. The molecule has 1 aliphatic rings. The topological polar surface area (TPSA) is 41.1 Å². The summed E-state index contributed by atoms with van der Waals surface area (Å²) in [7, 11) is 0. The van der Waals surface area contributed by atoms with Crippen molar-refractivity contribution in [2.45, 2.75) is 31.7 Å². The fourth-order valence-corrected chi connectivity index (χ4v) is 3.48. The van der Waals surface area contributed by atoms with Crippen molar-refractivity contribution < 1.29 is 4.79 Å². The van der Waals surface area contributed by atoms with Gasteiger partial charge in [-0.25, -0.2) is 0 Å². The van der Waals surface area contributed by atoms with E-state index in [-0.39, 0.29) is 11.9 Å². The van der Waals surface area contributed by atoms with Gasteiger partial charge in [0, 0.05) is 16.1 Å². The molecule has 3 rings (SSSR count). The number of hydrogen-bond acceptors (Lipinski definition) is 3. The first kappa shape index (κ1) is 14.3. The maximum Gasteiger partial charge on any atom is 0.241 e. The third-order valence-corrected chi connectivity index (χ3v) is 4.75. The van der Waals surface area contributed by atoms with Crippen molar-refractivity contribution in [3.63, 3.8) is 0 Å². The van der Waals surface area contributed by atoms with Crippen LogP contribution < -0.4 is 10.6 Å². The number of nitrogens with one attached hydrogen (secondary N) is 2. The van der Waals surface area contributed by atoms with Crippen LogP contribution in [0.5, 0.6) is 0 Å². The average Bonchev–Trinajstić information content (AvgIpc) is 2.89. The summed E-state index contributed by atoms with van der Waals surface area (Å²) in [5, 5.41) is 8.50. The highest BCUT2D eigenvalue weighted by Crippen LogP contribution is 2.31. The quantitative estimate of drug-likeness (QED) is 0.903. The molecule has 1 aromatic carbocycles. The first-order chi connectivity index (χ1) is 10.3. The summed E-state index contributed by atoms with van der Waals surface area (Å²) in [5.74, 6) is 0.0842. The van der Waals surface area contributed by atoms with E-state index in [9.17, 15) is 4.79 Å². The van der Waals surface area contributed by atoms with Gasteiger partial charge in [-0.1, -0.05) is 37.1 Å². The zero-order valence-corrected chi connectivity index (χ0v) is 12.8. The first-order valence-electron chi connectivity index (χ1n) is 7.52.